The molecule has 13 heavy (non-hydrogen) atoms. The normalized spacial score (nSPS) is 17.8. The van der Waals surface area contributed by atoms with Crippen molar-refractivity contribution in [1.82, 2.24) is 0 Å². The number of carboxylic acids is 1. The van der Waals surface area contributed by atoms with Gasteiger partial charge < -0.3 is 25.5 Å². The molecule has 0 amide bonds. The highest BCUT2D eigenvalue weighted by Crippen LogP contribution is 2.05. The topological polar surface area (TPSA) is 118 Å². The second-order valence-corrected chi connectivity index (χ2v) is 2.75. The number of hydrogen-bond donors (Lipinski definition) is 5. The minimum absolute atomic E-state index is 0.0742. The Labute approximate surface area is 75.1 Å². The maximum absolute atomic E-state index is 10.1. The molecule has 5 N–H and O–H groups in total. The highest BCUT2D eigenvalue weighted by molar-refractivity contribution is 5.71. The number of hydrogen-bond acceptors (Lipinski definition) is 5. The third kappa shape index (κ3) is 4.79. The predicted octanol–water partition coefficient (Wildman–Crippen LogP) is -2.07. The smallest absolute Gasteiger partial charge is 0.332 e. The van der Waals surface area contributed by atoms with Gasteiger partial charge in [-0.05, 0) is 12.8 Å². The lowest BCUT2D eigenvalue weighted by Gasteiger charge is -2.15. The summed E-state index contributed by atoms with van der Waals surface area (Å²) in [5, 5.41) is 43.3. The van der Waals surface area contributed by atoms with Crippen LogP contribution < -0.4 is 0 Å². The molecule has 0 aliphatic carbocycles. The molecule has 0 saturated heterocycles. The molecule has 0 spiro atoms. The summed E-state index contributed by atoms with van der Waals surface area (Å²) in [5.41, 5.74) is 0. The molecule has 3 unspecified atom stereocenters. The first kappa shape index (κ1) is 12.3. The van der Waals surface area contributed by atoms with Crippen LogP contribution in [0.5, 0.6) is 0 Å². The van der Waals surface area contributed by atoms with Crippen LogP contribution >= 0.6 is 0 Å². The Morgan fingerprint density at radius 3 is 2.00 bits per heavy atom. The summed E-state index contributed by atoms with van der Waals surface area (Å²) in [6, 6.07) is 0. The Bertz CT molecular complexity index is 159. The van der Waals surface area contributed by atoms with Crippen molar-refractivity contribution in [1.29, 1.82) is 0 Å². The lowest BCUT2D eigenvalue weighted by Crippen LogP contribution is -2.31. The molecular formula is C7H14O6. The number of carbonyl (C=O) groups is 1. The van der Waals surface area contributed by atoms with E-state index in [1.165, 1.54) is 0 Å². The maximum atomic E-state index is 10.1. The van der Waals surface area contributed by atoms with Crippen molar-refractivity contribution in [2.24, 2.45) is 0 Å². The molecule has 6 heteroatoms. The highest BCUT2D eigenvalue weighted by atomic mass is 16.4. The summed E-state index contributed by atoms with van der Waals surface area (Å²) in [6.45, 7) is -0.593. The molecular weight excluding hydrogens is 180 g/mol. The SMILES string of the molecule is O=C(O)C(O)CCC(O)C(O)CO. The minimum Gasteiger partial charge on any atom is -0.479 e. The Morgan fingerprint density at radius 1 is 1.08 bits per heavy atom. The number of aliphatic carboxylic acids is 1. The first-order chi connectivity index (χ1) is 5.99. The fraction of sp³-hybridized carbons (Fsp3) is 0.857. The van der Waals surface area contributed by atoms with E-state index in [0.717, 1.165) is 0 Å². The molecule has 3 atom stereocenters. The van der Waals surface area contributed by atoms with Gasteiger partial charge in [-0.2, -0.15) is 0 Å². The van der Waals surface area contributed by atoms with Crippen LogP contribution in [0.15, 0.2) is 0 Å². The van der Waals surface area contributed by atoms with Gasteiger partial charge in [-0.15, -0.1) is 0 Å². The van der Waals surface area contributed by atoms with Gasteiger partial charge in [-0.25, -0.2) is 4.79 Å². The fourth-order valence-corrected chi connectivity index (χ4v) is 0.766. The molecule has 0 aromatic rings. The van der Waals surface area contributed by atoms with Crippen LogP contribution in [0, 0.1) is 0 Å². The van der Waals surface area contributed by atoms with Crippen molar-refractivity contribution in [2.45, 2.75) is 31.2 Å². The monoisotopic (exact) mass is 194 g/mol. The second-order valence-electron chi connectivity index (χ2n) is 2.75. The maximum Gasteiger partial charge on any atom is 0.332 e. The lowest BCUT2D eigenvalue weighted by atomic mass is 10.1. The highest BCUT2D eigenvalue weighted by Gasteiger charge is 2.19. The largest absolute Gasteiger partial charge is 0.479 e. The quantitative estimate of drug-likeness (QED) is 0.331. The molecule has 0 aliphatic heterocycles. The second kappa shape index (κ2) is 5.87. The van der Waals surface area contributed by atoms with Gasteiger partial charge in [0.05, 0.1) is 12.7 Å². The third-order valence-electron chi connectivity index (χ3n) is 1.65. The van der Waals surface area contributed by atoms with E-state index in [4.69, 9.17) is 25.5 Å². The minimum atomic E-state index is -1.54. The van der Waals surface area contributed by atoms with Crippen LogP contribution in [0.1, 0.15) is 12.8 Å². The number of carboxylic acid groups (broad SMARTS) is 1. The van der Waals surface area contributed by atoms with Gasteiger partial charge in [0.15, 0.2) is 6.10 Å². The van der Waals surface area contributed by atoms with Crippen LogP contribution in [0.25, 0.3) is 0 Å². The Morgan fingerprint density at radius 2 is 1.62 bits per heavy atom. The van der Waals surface area contributed by atoms with Gasteiger partial charge in [0, 0.05) is 0 Å². The molecule has 0 radical (unpaired) electrons. The van der Waals surface area contributed by atoms with E-state index in [-0.39, 0.29) is 12.8 Å². The van der Waals surface area contributed by atoms with E-state index >= 15 is 0 Å². The van der Waals surface area contributed by atoms with Gasteiger partial charge in [0.2, 0.25) is 0 Å². The Kier molecular flexibility index (Phi) is 5.56. The van der Waals surface area contributed by atoms with E-state index in [1.807, 2.05) is 0 Å². The van der Waals surface area contributed by atoms with Crippen LogP contribution in [-0.2, 0) is 4.79 Å². The summed E-state index contributed by atoms with van der Waals surface area (Å²) in [4.78, 5) is 10.1. The van der Waals surface area contributed by atoms with Crippen molar-refractivity contribution in [3.63, 3.8) is 0 Å². The standard InChI is InChI=1S/C7H14O6/c8-3-6(11)4(9)1-2-5(10)7(12)13/h4-6,8-11H,1-3H2,(H,12,13). The third-order valence-corrected chi connectivity index (χ3v) is 1.65. The zero-order valence-electron chi connectivity index (χ0n) is 7.00. The zero-order chi connectivity index (χ0) is 10.4. The molecule has 0 saturated carbocycles. The average molecular weight is 194 g/mol. The predicted molar refractivity (Wildman–Crippen MR) is 42.0 cm³/mol. The fourth-order valence-electron chi connectivity index (χ4n) is 0.766. The van der Waals surface area contributed by atoms with Gasteiger partial charge in [0.1, 0.15) is 6.10 Å². The lowest BCUT2D eigenvalue weighted by molar-refractivity contribution is -0.147. The van der Waals surface area contributed by atoms with Crippen LogP contribution in [0.4, 0.5) is 0 Å². The number of aliphatic hydroxyl groups is 4. The molecule has 0 rings (SSSR count). The summed E-state index contributed by atoms with van der Waals surface area (Å²) in [7, 11) is 0. The first-order valence-corrected chi connectivity index (χ1v) is 3.87. The molecule has 0 bridgehead atoms. The van der Waals surface area contributed by atoms with E-state index < -0.39 is 30.9 Å². The van der Waals surface area contributed by atoms with E-state index in [0.29, 0.717) is 0 Å². The van der Waals surface area contributed by atoms with Gasteiger partial charge in [0.25, 0.3) is 0 Å². The summed E-state index contributed by atoms with van der Waals surface area (Å²) in [6.07, 6.45) is -4.27. The number of aliphatic hydroxyl groups excluding tert-OH is 4. The van der Waals surface area contributed by atoms with Crippen molar-refractivity contribution < 1.29 is 30.3 Å². The summed E-state index contributed by atoms with van der Waals surface area (Å²) < 4.78 is 0. The molecule has 0 aromatic heterocycles. The van der Waals surface area contributed by atoms with E-state index in [1.54, 1.807) is 0 Å². The Balaban J connectivity index is 3.69. The molecule has 78 valence electrons. The molecule has 0 heterocycles. The first-order valence-electron chi connectivity index (χ1n) is 3.87. The molecule has 0 aromatic carbocycles. The van der Waals surface area contributed by atoms with Crippen LogP contribution in [-0.4, -0.2) is 56.4 Å². The van der Waals surface area contributed by atoms with Crippen LogP contribution in [0.3, 0.4) is 0 Å². The summed E-state index contributed by atoms with van der Waals surface area (Å²) >= 11 is 0. The average Bonchev–Trinajstić information content (AvgIpc) is 2.11. The van der Waals surface area contributed by atoms with E-state index in [9.17, 15) is 4.79 Å². The molecule has 6 nitrogen and oxygen atoms in total. The van der Waals surface area contributed by atoms with Gasteiger partial charge in [-0.3, -0.25) is 0 Å². The van der Waals surface area contributed by atoms with Gasteiger partial charge >= 0.3 is 5.97 Å². The van der Waals surface area contributed by atoms with Crippen LogP contribution in [0.2, 0.25) is 0 Å². The molecule has 0 fully saturated rings. The van der Waals surface area contributed by atoms with E-state index in [2.05, 4.69) is 0 Å². The van der Waals surface area contributed by atoms with Crippen molar-refractivity contribution in [2.75, 3.05) is 6.61 Å². The zero-order valence-corrected chi connectivity index (χ0v) is 7.00. The Hall–Kier alpha value is -0.690. The van der Waals surface area contributed by atoms with Crippen molar-refractivity contribution >= 4 is 5.97 Å². The van der Waals surface area contributed by atoms with Crippen molar-refractivity contribution in [3.8, 4) is 0 Å². The van der Waals surface area contributed by atoms with Gasteiger partial charge in [-0.1, -0.05) is 0 Å². The van der Waals surface area contributed by atoms with Crippen molar-refractivity contribution in [3.05, 3.63) is 0 Å². The summed E-state index contributed by atoms with van der Waals surface area (Å²) in [5.74, 6) is -1.37. The number of rotatable bonds is 6. The molecule has 0 aliphatic rings.